The van der Waals surface area contributed by atoms with Crippen molar-refractivity contribution in [2.45, 2.75) is 121 Å². The van der Waals surface area contributed by atoms with Gasteiger partial charge in [0.2, 0.25) is 27.7 Å². The zero-order valence-corrected chi connectivity index (χ0v) is 39.1. The number of hydrogen-bond acceptors (Lipinski definition) is 11. The van der Waals surface area contributed by atoms with Gasteiger partial charge in [-0.05, 0) is 144 Å². The summed E-state index contributed by atoms with van der Waals surface area (Å²) in [5.74, 6) is -0.759. The third-order valence-electron chi connectivity index (χ3n) is 11.3. The largest absolute Gasteiger partial charge is 0.444 e. The number of benzene rings is 3. The van der Waals surface area contributed by atoms with Crippen LogP contribution in [0, 0.1) is 11.8 Å². The molecule has 4 aromatic rings. The smallest absolute Gasteiger partial charge is 0.417 e. The summed E-state index contributed by atoms with van der Waals surface area (Å²) in [5, 5.41) is 22.4. The van der Waals surface area contributed by atoms with E-state index in [1.807, 2.05) is 0 Å². The minimum absolute atomic E-state index is 0.0143. The standard InChI is InChI=1S/C46H58F3N9O8S/c1-44(2,3)65-42(61)50-27-29-9-13-32(14-10-29)40(59)52-38(41(60)51-33-17-15-31(16-18-33)39-53-56-57-54-39)25-28-7-11-30(12-8-28)36-20-19-35(26-37(36)46(47,48)49)67(63,64)55-34-21-23-58(24-22-34)43(62)66-45(4,5)6/h7-8,11-12,15-20,26,29,32,34,38,55H,9-10,13-14,21-25,27H2,1-6H3,(H,50,61)(H,51,60)(H,52,59)(H,53,54,56,57)/t29?,32?,38-/m0/s1. The lowest BCUT2D eigenvalue weighted by Crippen LogP contribution is -2.48. The van der Waals surface area contributed by atoms with Gasteiger partial charge >= 0.3 is 18.4 Å². The summed E-state index contributed by atoms with van der Waals surface area (Å²) < 4.78 is 84.0. The van der Waals surface area contributed by atoms with E-state index in [-0.39, 0.29) is 55.3 Å². The second-order valence-corrected chi connectivity index (χ2v) is 20.6. The Bertz CT molecular complexity index is 2460. The first-order chi connectivity index (χ1) is 31.4. The number of halogens is 3. The Morgan fingerprint density at radius 1 is 0.821 bits per heavy atom. The fourth-order valence-electron chi connectivity index (χ4n) is 7.91. The molecule has 1 atom stereocenters. The molecule has 2 heterocycles. The Morgan fingerprint density at radius 3 is 2.03 bits per heavy atom. The highest BCUT2D eigenvalue weighted by Crippen LogP contribution is 2.39. The predicted molar refractivity (Wildman–Crippen MR) is 242 cm³/mol. The third kappa shape index (κ3) is 14.5. The quantitative estimate of drug-likeness (QED) is 0.0899. The number of tetrazole rings is 1. The molecule has 1 saturated carbocycles. The van der Waals surface area contributed by atoms with Crippen LogP contribution in [0.5, 0.6) is 0 Å². The minimum Gasteiger partial charge on any atom is -0.444 e. The molecule has 21 heteroatoms. The number of aromatic amines is 1. The molecule has 0 bridgehead atoms. The molecule has 0 spiro atoms. The number of aromatic nitrogens is 4. The number of carbonyl (C=O) groups is 4. The molecule has 3 aromatic carbocycles. The molecule has 1 aliphatic carbocycles. The van der Waals surface area contributed by atoms with E-state index < -0.39 is 74.0 Å². The number of nitrogens with one attached hydrogen (secondary N) is 5. The van der Waals surface area contributed by atoms with E-state index >= 15 is 0 Å². The Hall–Kier alpha value is -6.09. The predicted octanol–water partition coefficient (Wildman–Crippen LogP) is 7.23. The Kier molecular flexibility index (Phi) is 15.6. The molecule has 0 unspecified atom stereocenters. The number of ether oxygens (including phenoxy) is 2. The van der Waals surface area contributed by atoms with Gasteiger partial charge < -0.3 is 30.3 Å². The fraction of sp³-hybridized carbons (Fsp3) is 0.500. The van der Waals surface area contributed by atoms with Crippen LogP contribution in [0.1, 0.15) is 91.2 Å². The van der Waals surface area contributed by atoms with E-state index in [1.54, 1.807) is 77.9 Å². The number of H-pyrrole nitrogens is 1. The van der Waals surface area contributed by atoms with E-state index in [4.69, 9.17) is 9.47 Å². The van der Waals surface area contributed by atoms with E-state index in [0.717, 1.165) is 12.1 Å². The number of piperidine rings is 1. The van der Waals surface area contributed by atoms with Gasteiger partial charge in [0, 0.05) is 49.3 Å². The van der Waals surface area contributed by atoms with Crippen molar-refractivity contribution in [3.05, 3.63) is 77.9 Å². The number of amides is 4. The molecule has 4 amide bonds. The van der Waals surface area contributed by atoms with Gasteiger partial charge in [0.1, 0.15) is 17.2 Å². The second kappa shape index (κ2) is 20.8. The SMILES string of the molecule is CC(C)(C)OC(=O)NCC1CCC(C(=O)N[C@@H](Cc2ccc(-c3ccc(S(=O)(=O)NC4CCN(C(=O)OC(C)(C)C)CC4)cc3C(F)(F)F)cc2)C(=O)Nc2ccc(-c3nn[nH]n3)cc2)CC1. The van der Waals surface area contributed by atoms with Crippen molar-refractivity contribution in [1.29, 1.82) is 0 Å². The van der Waals surface area contributed by atoms with Crippen LogP contribution in [-0.2, 0) is 41.7 Å². The molecule has 5 N–H and O–H groups in total. The normalized spacial score (nSPS) is 17.8. The van der Waals surface area contributed by atoms with Crippen LogP contribution in [0.4, 0.5) is 28.4 Å². The van der Waals surface area contributed by atoms with Gasteiger partial charge in [0.25, 0.3) is 0 Å². The summed E-state index contributed by atoms with van der Waals surface area (Å²) in [6, 6.07) is 13.8. The Balaban J connectivity index is 1.14. The number of sulfonamides is 1. The second-order valence-electron chi connectivity index (χ2n) is 18.9. The van der Waals surface area contributed by atoms with Gasteiger partial charge in [-0.1, -0.05) is 30.3 Å². The molecule has 1 aromatic heterocycles. The van der Waals surface area contributed by atoms with Crippen molar-refractivity contribution in [1.82, 2.24) is 40.9 Å². The van der Waals surface area contributed by atoms with Gasteiger partial charge in [-0.15, -0.1) is 10.2 Å². The van der Waals surface area contributed by atoms with Crippen molar-refractivity contribution in [2.24, 2.45) is 11.8 Å². The lowest BCUT2D eigenvalue weighted by atomic mass is 9.81. The minimum atomic E-state index is -4.93. The summed E-state index contributed by atoms with van der Waals surface area (Å²) in [6.45, 7) is 11.4. The maximum Gasteiger partial charge on any atom is 0.417 e. The lowest BCUT2D eigenvalue weighted by Gasteiger charge is -2.33. The van der Waals surface area contributed by atoms with Gasteiger partial charge in [0.05, 0.1) is 10.5 Å². The van der Waals surface area contributed by atoms with Crippen LogP contribution in [0.3, 0.4) is 0 Å². The summed E-state index contributed by atoms with van der Waals surface area (Å²) in [7, 11) is -4.39. The fourth-order valence-corrected chi connectivity index (χ4v) is 9.24. The summed E-state index contributed by atoms with van der Waals surface area (Å²) >= 11 is 0. The van der Waals surface area contributed by atoms with Crippen LogP contribution in [0.2, 0.25) is 0 Å². The molecule has 67 heavy (non-hydrogen) atoms. The first kappa shape index (κ1) is 50.3. The van der Waals surface area contributed by atoms with Crippen molar-refractivity contribution in [3.8, 4) is 22.5 Å². The first-order valence-corrected chi connectivity index (χ1v) is 23.6. The van der Waals surface area contributed by atoms with E-state index in [9.17, 15) is 40.8 Å². The van der Waals surface area contributed by atoms with Gasteiger partial charge in [0.15, 0.2) is 0 Å². The zero-order chi connectivity index (χ0) is 48.7. The topological polar surface area (TPSA) is 227 Å². The van der Waals surface area contributed by atoms with Crippen molar-refractivity contribution in [3.63, 3.8) is 0 Å². The Labute approximate surface area is 387 Å². The van der Waals surface area contributed by atoms with E-state index in [1.165, 1.54) is 17.0 Å². The number of rotatable bonds is 13. The number of alkyl carbamates (subject to hydrolysis) is 1. The Morgan fingerprint density at radius 2 is 1.45 bits per heavy atom. The van der Waals surface area contributed by atoms with Gasteiger partial charge in [-0.3, -0.25) is 9.59 Å². The maximum absolute atomic E-state index is 14.6. The van der Waals surface area contributed by atoms with Crippen LogP contribution in [0.25, 0.3) is 22.5 Å². The third-order valence-corrected chi connectivity index (χ3v) is 12.8. The molecular formula is C46H58F3N9O8S. The van der Waals surface area contributed by atoms with Gasteiger partial charge in [-0.2, -0.15) is 18.4 Å². The molecule has 362 valence electrons. The molecule has 17 nitrogen and oxygen atoms in total. The van der Waals surface area contributed by atoms with Crippen LogP contribution < -0.4 is 20.7 Å². The number of anilines is 1. The average Bonchev–Trinajstić information content (AvgIpc) is 3.80. The number of hydrogen-bond donors (Lipinski definition) is 5. The molecule has 1 aliphatic heterocycles. The van der Waals surface area contributed by atoms with Crippen LogP contribution >= 0.6 is 0 Å². The van der Waals surface area contributed by atoms with E-state index in [0.29, 0.717) is 60.9 Å². The molecule has 1 saturated heterocycles. The van der Waals surface area contributed by atoms with Crippen molar-refractivity contribution in [2.75, 3.05) is 25.0 Å². The molecule has 2 aliphatic rings. The van der Waals surface area contributed by atoms with E-state index in [2.05, 4.69) is 41.3 Å². The highest BCUT2D eigenvalue weighted by Gasteiger charge is 2.37. The summed E-state index contributed by atoms with van der Waals surface area (Å²) in [5.41, 5.74) is -1.01. The van der Waals surface area contributed by atoms with Crippen molar-refractivity contribution >= 4 is 39.7 Å². The highest BCUT2D eigenvalue weighted by atomic mass is 32.2. The van der Waals surface area contributed by atoms with Crippen molar-refractivity contribution < 1.29 is 50.2 Å². The highest BCUT2D eigenvalue weighted by molar-refractivity contribution is 7.89. The molecular weight excluding hydrogens is 896 g/mol. The summed E-state index contributed by atoms with van der Waals surface area (Å²) in [4.78, 5) is 53.2. The summed E-state index contributed by atoms with van der Waals surface area (Å²) in [6.07, 6.45) is -3.10. The molecule has 2 fully saturated rings. The maximum atomic E-state index is 14.6. The number of likely N-dealkylation sites (tertiary alicyclic amines) is 1. The number of alkyl halides is 3. The number of carbonyl (C=O) groups excluding carboxylic acids is 4. The van der Waals surface area contributed by atoms with Crippen LogP contribution in [0.15, 0.2) is 71.6 Å². The molecule has 6 rings (SSSR count). The molecule has 0 radical (unpaired) electrons. The number of nitrogens with zero attached hydrogens (tertiary/aromatic N) is 4. The lowest BCUT2D eigenvalue weighted by molar-refractivity contribution is -0.137. The average molecular weight is 954 g/mol. The van der Waals surface area contributed by atoms with Gasteiger partial charge in [-0.25, -0.2) is 22.7 Å². The van der Waals surface area contributed by atoms with Crippen LogP contribution in [-0.4, -0.2) is 101 Å². The first-order valence-electron chi connectivity index (χ1n) is 22.2. The monoisotopic (exact) mass is 953 g/mol. The zero-order valence-electron chi connectivity index (χ0n) is 38.3.